The van der Waals surface area contributed by atoms with Crippen molar-refractivity contribution in [2.75, 3.05) is 0 Å². The maximum atomic E-state index is 14.1. The Kier molecular flexibility index (Phi) is 5.22. The van der Waals surface area contributed by atoms with Crippen molar-refractivity contribution in [3.05, 3.63) is 29.8 Å². The molecule has 0 aromatic heterocycles. The fourth-order valence-electron chi connectivity index (χ4n) is 2.35. The van der Waals surface area contributed by atoms with Crippen LogP contribution in [0.4, 0.5) is 9.28 Å². The first kappa shape index (κ1) is 19.7. The highest BCUT2D eigenvalue weighted by atomic mass is 19.2. The van der Waals surface area contributed by atoms with Crippen molar-refractivity contribution in [2.45, 2.75) is 71.8 Å². The van der Waals surface area contributed by atoms with Gasteiger partial charge in [-0.05, 0) is 59.5 Å². The van der Waals surface area contributed by atoms with Gasteiger partial charge in [-0.1, -0.05) is 28.7 Å². The Morgan fingerprint density at radius 2 is 1.76 bits per heavy atom. The van der Waals surface area contributed by atoms with Gasteiger partial charge >= 0.3 is 13.2 Å². The Bertz CT molecular complexity index is 626. The molecule has 0 atom stereocenters. The average molecular weight is 351 g/mol. The van der Waals surface area contributed by atoms with Crippen molar-refractivity contribution < 1.29 is 23.3 Å². The molecule has 7 heteroatoms. The van der Waals surface area contributed by atoms with Gasteiger partial charge in [-0.25, -0.2) is 4.79 Å². The molecule has 138 valence electrons. The van der Waals surface area contributed by atoms with Gasteiger partial charge in [-0.3, -0.25) is 0 Å². The lowest BCUT2D eigenvalue weighted by atomic mass is 9.78. The third-order valence-corrected chi connectivity index (χ3v) is 4.39. The Labute approximate surface area is 149 Å². The van der Waals surface area contributed by atoms with Crippen LogP contribution in [0.25, 0.3) is 0 Å². The fraction of sp³-hybridized carbons (Fsp3) is 0.611. The van der Waals surface area contributed by atoms with Gasteiger partial charge in [0.25, 0.3) is 0 Å². The number of carbonyl (C=O) groups is 1. The van der Waals surface area contributed by atoms with Crippen LogP contribution in [0.3, 0.4) is 0 Å². The van der Waals surface area contributed by atoms with Crippen molar-refractivity contribution in [1.29, 1.82) is 0 Å². The number of amides is 1. The molecule has 0 saturated carbocycles. The Balaban J connectivity index is 2.09. The summed E-state index contributed by atoms with van der Waals surface area (Å²) in [5.41, 5.74) is -0.229. The zero-order valence-electron chi connectivity index (χ0n) is 16.1. The molecule has 0 N–H and O–H groups in total. The molecule has 0 spiro atoms. The monoisotopic (exact) mass is 351 g/mol. The molecule has 25 heavy (non-hydrogen) atoms. The van der Waals surface area contributed by atoms with Gasteiger partial charge in [0, 0.05) is 0 Å². The summed E-state index contributed by atoms with van der Waals surface area (Å²) >= 11 is 0. The van der Waals surface area contributed by atoms with Crippen LogP contribution in [-0.4, -0.2) is 35.1 Å². The molecule has 1 fully saturated rings. The average Bonchev–Trinajstić information content (AvgIpc) is 2.66. The number of hydrogen-bond donors (Lipinski definition) is 0. The highest BCUT2D eigenvalue weighted by Crippen LogP contribution is 2.36. The van der Waals surface area contributed by atoms with E-state index in [1.54, 1.807) is 39.0 Å². The minimum atomic E-state index is -1.01. The molecule has 1 aromatic rings. The van der Waals surface area contributed by atoms with E-state index in [1.165, 1.54) is 0 Å². The summed E-state index contributed by atoms with van der Waals surface area (Å²) in [5, 5.41) is 0.0641. The summed E-state index contributed by atoms with van der Waals surface area (Å²) in [7, 11) is -0.528. The summed E-state index contributed by atoms with van der Waals surface area (Å²) in [4.78, 5) is 11.8. The van der Waals surface area contributed by atoms with Crippen molar-refractivity contribution in [1.82, 2.24) is 5.12 Å². The fourth-order valence-corrected chi connectivity index (χ4v) is 2.35. The van der Waals surface area contributed by atoms with Crippen LogP contribution in [0, 0.1) is 0 Å². The minimum absolute atomic E-state index is 0.0641. The van der Waals surface area contributed by atoms with Crippen LogP contribution in [0.1, 0.15) is 54.0 Å². The number of hydrogen-bond acceptors (Lipinski definition) is 4. The highest BCUT2D eigenvalue weighted by molar-refractivity contribution is 6.62. The Morgan fingerprint density at radius 3 is 2.28 bits per heavy atom. The third kappa shape index (κ3) is 4.73. The highest BCUT2D eigenvalue weighted by Gasteiger charge is 2.51. The molecule has 5 nitrogen and oxygen atoms in total. The smallest absolute Gasteiger partial charge is 0.442 e. The van der Waals surface area contributed by atoms with E-state index in [4.69, 9.17) is 14.0 Å². The van der Waals surface area contributed by atoms with E-state index in [2.05, 4.69) is 0 Å². The topological polar surface area (TPSA) is 48.0 Å². The van der Waals surface area contributed by atoms with Gasteiger partial charge in [0.15, 0.2) is 0 Å². The molecular formula is C18H27BFNO4. The van der Waals surface area contributed by atoms with E-state index in [-0.39, 0.29) is 11.7 Å². The predicted molar refractivity (Wildman–Crippen MR) is 95.0 cm³/mol. The predicted octanol–water partition coefficient (Wildman–Crippen LogP) is 3.61. The lowest BCUT2D eigenvalue weighted by molar-refractivity contribution is -0.0349. The molecule has 1 aromatic carbocycles. The molecule has 1 heterocycles. The van der Waals surface area contributed by atoms with Crippen molar-refractivity contribution in [3.8, 4) is 0 Å². The van der Waals surface area contributed by atoms with E-state index in [0.717, 1.165) is 5.46 Å². The van der Waals surface area contributed by atoms with Gasteiger partial charge in [0.2, 0.25) is 0 Å². The molecular weight excluding hydrogens is 324 g/mol. The molecule has 1 amide bonds. The molecule has 0 radical (unpaired) electrons. The first-order valence-electron chi connectivity index (χ1n) is 8.41. The van der Waals surface area contributed by atoms with E-state index in [9.17, 15) is 9.28 Å². The SMILES string of the molecule is CC(C)(C)OC(=O)N(F)Cc1cccc(B2OC(C)(C)C(C)(C)O2)c1. The van der Waals surface area contributed by atoms with Crippen LogP contribution in [-0.2, 0) is 20.6 Å². The van der Waals surface area contributed by atoms with Gasteiger partial charge in [0.05, 0.1) is 17.7 Å². The first-order chi connectivity index (χ1) is 11.3. The van der Waals surface area contributed by atoms with Crippen molar-refractivity contribution in [3.63, 3.8) is 0 Å². The summed E-state index contributed by atoms with van der Waals surface area (Å²) in [6.45, 7) is 12.8. The van der Waals surface area contributed by atoms with Gasteiger partial charge < -0.3 is 14.0 Å². The molecule has 0 aliphatic carbocycles. The largest absolute Gasteiger partial charge is 0.494 e. The normalized spacial score (nSPS) is 19.0. The minimum Gasteiger partial charge on any atom is -0.442 e. The second-order valence-electron chi connectivity index (χ2n) is 8.33. The Morgan fingerprint density at radius 1 is 1.20 bits per heavy atom. The third-order valence-electron chi connectivity index (χ3n) is 4.39. The second-order valence-corrected chi connectivity index (χ2v) is 8.33. The Hall–Kier alpha value is -1.60. The maximum absolute atomic E-state index is 14.1. The van der Waals surface area contributed by atoms with E-state index in [0.29, 0.717) is 5.56 Å². The molecule has 1 saturated heterocycles. The molecule has 0 unspecified atom stereocenters. The number of ether oxygens (including phenoxy) is 1. The number of benzene rings is 1. The van der Waals surface area contributed by atoms with Crippen LogP contribution in [0.5, 0.6) is 0 Å². The van der Waals surface area contributed by atoms with Gasteiger partial charge in [-0.15, -0.1) is 5.12 Å². The summed E-state index contributed by atoms with van der Waals surface area (Å²) in [5.74, 6) is 0. The summed E-state index contributed by atoms with van der Waals surface area (Å²) < 4.78 is 31.1. The van der Waals surface area contributed by atoms with Gasteiger partial charge in [0.1, 0.15) is 5.60 Å². The lowest BCUT2D eigenvalue weighted by Gasteiger charge is -2.32. The maximum Gasteiger partial charge on any atom is 0.494 e. The second kappa shape index (κ2) is 6.61. The van der Waals surface area contributed by atoms with Crippen molar-refractivity contribution >= 4 is 18.7 Å². The zero-order chi connectivity index (χ0) is 19.0. The number of halogens is 1. The zero-order valence-corrected chi connectivity index (χ0v) is 16.1. The number of rotatable bonds is 3. The standard InChI is InChI=1S/C18H27BFNO4/c1-16(2,3)23-15(22)21(20)12-13-9-8-10-14(11-13)19-24-17(4,5)18(6,7)25-19/h8-11H,12H2,1-7H3. The molecule has 2 rings (SSSR count). The lowest BCUT2D eigenvalue weighted by Crippen LogP contribution is -2.41. The van der Waals surface area contributed by atoms with E-state index < -0.39 is 30.0 Å². The van der Waals surface area contributed by atoms with Crippen LogP contribution in [0.2, 0.25) is 0 Å². The van der Waals surface area contributed by atoms with Crippen LogP contribution >= 0.6 is 0 Å². The van der Waals surface area contributed by atoms with Crippen molar-refractivity contribution in [2.24, 2.45) is 0 Å². The number of carbonyl (C=O) groups excluding carboxylic acids is 1. The van der Waals surface area contributed by atoms with Crippen LogP contribution in [0.15, 0.2) is 24.3 Å². The molecule has 1 aliphatic rings. The summed E-state index contributed by atoms with van der Waals surface area (Å²) in [6.07, 6.45) is -1.01. The summed E-state index contributed by atoms with van der Waals surface area (Å²) in [6, 6.07) is 7.17. The van der Waals surface area contributed by atoms with E-state index >= 15 is 0 Å². The molecule has 1 aliphatic heterocycles. The quantitative estimate of drug-likeness (QED) is 0.617. The molecule has 0 bridgehead atoms. The first-order valence-corrected chi connectivity index (χ1v) is 8.41. The van der Waals surface area contributed by atoms with E-state index in [1.807, 2.05) is 33.8 Å². The van der Waals surface area contributed by atoms with Gasteiger partial charge in [-0.2, -0.15) is 0 Å². The number of nitrogens with zero attached hydrogens (tertiary/aromatic N) is 1. The van der Waals surface area contributed by atoms with Crippen LogP contribution < -0.4 is 5.46 Å².